The number of ether oxygens (including phenoxy) is 7. The number of alkyl halides is 2. The quantitative estimate of drug-likeness (QED) is 0.0574. The first-order valence-electron chi connectivity index (χ1n) is 22.5. The maximum Gasteiger partial charge on any atom is 0.412 e. The molecule has 0 saturated carbocycles. The number of amides is 3. The van der Waals surface area contributed by atoms with Crippen LogP contribution < -0.4 is 5.32 Å². The van der Waals surface area contributed by atoms with E-state index in [1.54, 1.807) is 118 Å². The first-order valence-corrected chi connectivity index (χ1v) is 22.5. The second-order valence-corrected chi connectivity index (χ2v) is 16.8. The molecule has 2 fully saturated rings. The molecule has 16 nitrogen and oxygen atoms in total. The van der Waals surface area contributed by atoms with E-state index in [9.17, 15) is 28.8 Å². The van der Waals surface area contributed by atoms with Crippen molar-refractivity contribution in [2.24, 2.45) is 0 Å². The van der Waals surface area contributed by atoms with Gasteiger partial charge in [-0.1, -0.05) is 91.0 Å². The predicted octanol–water partition coefficient (Wildman–Crippen LogP) is 8.07. The van der Waals surface area contributed by atoms with E-state index in [1.165, 1.54) is 42.5 Å². The van der Waals surface area contributed by atoms with Crippen LogP contribution in [0.3, 0.4) is 0 Å². The number of hydrogen-bond acceptors (Lipinski definition) is 13. The minimum Gasteiger partial charge on any atom is -0.459 e. The van der Waals surface area contributed by atoms with Crippen LogP contribution in [-0.2, 0) is 33.2 Å². The van der Waals surface area contributed by atoms with Gasteiger partial charge in [0.25, 0.3) is 0 Å². The van der Waals surface area contributed by atoms with Gasteiger partial charge < -0.3 is 38.5 Å². The van der Waals surface area contributed by atoms with Crippen LogP contribution in [0, 0.1) is 0 Å². The Kier molecular flexibility index (Phi) is 20.1. The van der Waals surface area contributed by atoms with Crippen molar-refractivity contribution < 1.29 is 70.7 Å². The Morgan fingerprint density at radius 1 is 0.563 bits per heavy atom. The van der Waals surface area contributed by atoms with Crippen molar-refractivity contribution in [3.63, 3.8) is 0 Å². The third kappa shape index (κ3) is 15.4. The van der Waals surface area contributed by atoms with Crippen LogP contribution in [0.5, 0.6) is 0 Å². The summed E-state index contributed by atoms with van der Waals surface area (Å²) in [5.74, 6) is -2.85. The van der Waals surface area contributed by atoms with E-state index in [-0.39, 0.29) is 30.8 Å². The first kappa shape index (κ1) is 54.2. The number of nitrogens with one attached hydrogen (secondary N) is 1. The highest BCUT2D eigenvalue weighted by Gasteiger charge is 2.53. The SMILES string of the molecule is C=CCN(C(=O)OC(C)(C)C)[C@@H]1O[C@H](COC(=O)c2ccccc2)[C@@H](OC(=O)c2ccccc2)[C@@H]1F.C=CCNC(=O)N(CC=C)[C@@H]1O[C@H](COC(=O)c2ccccc2)[C@@H](OC(=O)c2ccccc2)[C@@H]1F. The summed E-state index contributed by atoms with van der Waals surface area (Å²) in [5, 5.41) is 2.56. The van der Waals surface area contributed by atoms with E-state index in [2.05, 4.69) is 25.1 Å². The highest BCUT2D eigenvalue weighted by atomic mass is 19.1. The second kappa shape index (κ2) is 26.3. The Balaban J connectivity index is 0.000000264. The van der Waals surface area contributed by atoms with Gasteiger partial charge in [0.15, 0.2) is 37.0 Å². The fourth-order valence-corrected chi connectivity index (χ4v) is 7.05. The van der Waals surface area contributed by atoms with Crippen LogP contribution in [0.2, 0.25) is 0 Å². The number of rotatable bonds is 18. The van der Waals surface area contributed by atoms with Gasteiger partial charge in [0, 0.05) is 19.6 Å². The molecular formula is C53H57F2N3O13. The number of carbonyl (C=O) groups is 6. The Hall–Kier alpha value is -7.70. The zero-order valence-corrected chi connectivity index (χ0v) is 39.5. The number of hydrogen-bond donors (Lipinski definition) is 1. The molecule has 2 saturated heterocycles. The van der Waals surface area contributed by atoms with E-state index in [0.717, 1.165) is 9.80 Å². The van der Waals surface area contributed by atoms with Crippen molar-refractivity contribution in [1.82, 2.24) is 15.1 Å². The van der Waals surface area contributed by atoms with Gasteiger partial charge in [-0.25, -0.2) is 37.5 Å². The molecule has 0 spiro atoms. The van der Waals surface area contributed by atoms with Crippen LogP contribution in [0.4, 0.5) is 18.4 Å². The van der Waals surface area contributed by atoms with Gasteiger partial charge >= 0.3 is 36.0 Å². The summed E-state index contributed by atoms with van der Waals surface area (Å²) >= 11 is 0. The van der Waals surface area contributed by atoms with E-state index in [1.807, 2.05) is 0 Å². The molecule has 1 N–H and O–H groups in total. The standard InChI is InChI=1S/C27H30FNO7.C26H27FN2O6/c1-5-16-29(26(32)36-27(2,3)4)23-21(28)22(35-25(31)19-14-10-7-11-15-19)20(34-23)17-33-24(30)18-12-8-6-9-13-18;1-3-15-28-26(32)29(16-4-2)23-21(27)22(35-25(31)19-13-9-6-10-14-19)20(34-23)17-33-24(30)18-11-7-5-8-12-18/h5-15,20-23H,1,16-17H2,2-4H3;3-14,20-23H,1-2,15-17H2,(H,28,32)/t2*20-,21+,22-,23-/m11/s1. The number of nitrogens with zero attached hydrogens (tertiary/aromatic N) is 2. The van der Waals surface area contributed by atoms with Crippen LogP contribution in [0.1, 0.15) is 62.2 Å². The van der Waals surface area contributed by atoms with E-state index < -0.39 is 104 Å². The molecule has 71 heavy (non-hydrogen) atoms. The van der Waals surface area contributed by atoms with Gasteiger partial charge in [-0.05, 0) is 69.3 Å². The fourth-order valence-electron chi connectivity index (χ4n) is 7.05. The van der Waals surface area contributed by atoms with Crippen molar-refractivity contribution in [2.75, 3.05) is 32.8 Å². The van der Waals surface area contributed by atoms with Gasteiger partial charge in [-0.3, -0.25) is 9.80 Å². The fraction of sp³-hybridized carbons (Fsp3) is 0.321. The number of halogens is 2. The zero-order chi connectivity index (χ0) is 51.5. The zero-order valence-electron chi connectivity index (χ0n) is 39.5. The molecule has 2 aliphatic heterocycles. The first-order chi connectivity index (χ1) is 34.1. The molecule has 376 valence electrons. The number of benzene rings is 4. The van der Waals surface area contributed by atoms with Crippen molar-refractivity contribution in [1.29, 1.82) is 0 Å². The topological polar surface area (TPSA) is 186 Å². The van der Waals surface area contributed by atoms with Gasteiger partial charge in [0.2, 0.25) is 0 Å². The minimum atomic E-state index is -1.95. The molecule has 8 atom stereocenters. The molecule has 2 heterocycles. The summed E-state index contributed by atoms with van der Waals surface area (Å²) in [6, 6.07) is 32.0. The van der Waals surface area contributed by atoms with E-state index >= 15 is 8.78 Å². The lowest BCUT2D eigenvalue weighted by atomic mass is 10.1. The smallest absolute Gasteiger partial charge is 0.412 e. The molecule has 4 aromatic carbocycles. The van der Waals surface area contributed by atoms with Gasteiger partial charge in [0.1, 0.15) is 31.0 Å². The molecule has 0 unspecified atom stereocenters. The summed E-state index contributed by atoms with van der Waals surface area (Å²) in [4.78, 5) is 77.7. The Bertz CT molecular complexity index is 2430. The van der Waals surface area contributed by atoms with Crippen molar-refractivity contribution in [2.45, 2.75) is 75.6 Å². The number of carbonyl (C=O) groups excluding carboxylic acids is 6. The summed E-state index contributed by atoms with van der Waals surface area (Å²) in [6.45, 7) is 15.0. The van der Waals surface area contributed by atoms with Crippen LogP contribution >= 0.6 is 0 Å². The third-order valence-electron chi connectivity index (χ3n) is 10.4. The molecule has 2 aliphatic rings. The van der Waals surface area contributed by atoms with Crippen molar-refractivity contribution in [3.8, 4) is 0 Å². The highest BCUT2D eigenvalue weighted by molar-refractivity contribution is 5.91. The Labute approximate surface area is 410 Å². The molecule has 4 aromatic rings. The largest absolute Gasteiger partial charge is 0.459 e. The molecule has 3 amide bonds. The summed E-state index contributed by atoms with van der Waals surface area (Å²) in [6.07, 6.45) is -8.52. The molecule has 6 rings (SSSR count). The Morgan fingerprint density at radius 3 is 1.27 bits per heavy atom. The van der Waals surface area contributed by atoms with E-state index in [0.29, 0.717) is 11.1 Å². The summed E-state index contributed by atoms with van der Waals surface area (Å²) in [7, 11) is 0. The molecule has 0 bridgehead atoms. The highest BCUT2D eigenvalue weighted by Crippen LogP contribution is 2.33. The average molecular weight is 982 g/mol. The number of esters is 4. The minimum absolute atomic E-state index is 0.0378. The number of urea groups is 1. The van der Waals surface area contributed by atoms with Crippen LogP contribution in [0.15, 0.2) is 159 Å². The van der Waals surface area contributed by atoms with Gasteiger partial charge in [-0.2, -0.15) is 0 Å². The molecular weight excluding hydrogens is 925 g/mol. The molecule has 0 aromatic heterocycles. The van der Waals surface area contributed by atoms with Crippen molar-refractivity contribution >= 4 is 36.0 Å². The normalized spacial score (nSPS) is 21.1. The molecule has 18 heteroatoms. The average Bonchev–Trinajstić information content (AvgIpc) is 3.85. The second-order valence-electron chi connectivity index (χ2n) is 16.8. The predicted molar refractivity (Wildman–Crippen MR) is 255 cm³/mol. The molecule has 0 aliphatic carbocycles. The van der Waals surface area contributed by atoms with Gasteiger partial charge in [0.05, 0.1) is 22.3 Å². The van der Waals surface area contributed by atoms with Crippen molar-refractivity contribution in [3.05, 3.63) is 182 Å². The van der Waals surface area contributed by atoms with Crippen LogP contribution in [-0.4, -0.2) is 133 Å². The lowest BCUT2D eigenvalue weighted by molar-refractivity contribution is -0.0886. The molecule has 0 radical (unpaired) electrons. The van der Waals surface area contributed by atoms with Crippen LogP contribution in [0.25, 0.3) is 0 Å². The monoisotopic (exact) mass is 981 g/mol. The van der Waals surface area contributed by atoms with Gasteiger partial charge in [-0.15, -0.1) is 19.7 Å². The maximum atomic E-state index is 15.8. The lowest BCUT2D eigenvalue weighted by Gasteiger charge is -2.31. The summed E-state index contributed by atoms with van der Waals surface area (Å²) < 4.78 is 70.0. The maximum absolute atomic E-state index is 15.8. The third-order valence-corrected chi connectivity index (χ3v) is 10.4. The summed E-state index contributed by atoms with van der Waals surface area (Å²) in [5.41, 5.74) is 0.181. The Morgan fingerprint density at radius 2 is 0.915 bits per heavy atom. The van der Waals surface area contributed by atoms with E-state index in [4.69, 9.17) is 33.2 Å². The lowest BCUT2D eigenvalue weighted by Crippen LogP contribution is -2.50.